The van der Waals surface area contributed by atoms with E-state index in [1.54, 1.807) is 7.05 Å². The van der Waals surface area contributed by atoms with Crippen LogP contribution in [-0.4, -0.2) is 35.9 Å². The molecule has 0 amide bonds. The van der Waals surface area contributed by atoms with Gasteiger partial charge in [0.2, 0.25) is 0 Å². The number of hydrogen-bond donors (Lipinski definition) is 1. The summed E-state index contributed by atoms with van der Waals surface area (Å²) in [5, 5.41) is 7.39. The molecule has 1 aromatic rings. The molecule has 0 radical (unpaired) electrons. The van der Waals surface area contributed by atoms with E-state index in [0.717, 1.165) is 17.8 Å². The number of carbonyl (C=O) groups excluding carboxylic acids is 1. The van der Waals surface area contributed by atoms with E-state index in [1.807, 2.05) is 18.5 Å². The predicted octanol–water partition coefficient (Wildman–Crippen LogP) is 0.823. The number of nitrogens with zero attached hydrogens (tertiary/aromatic N) is 2. The first-order chi connectivity index (χ1) is 8.04. The maximum atomic E-state index is 11.5. The van der Waals surface area contributed by atoms with Crippen LogP contribution in [0.3, 0.4) is 0 Å². The first kappa shape index (κ1) is 13.7. The molecule has 5 heteroatoms. The largest absolute Gasteiger partial charge is 0.468 e. The lowest BCUT2D eigenvalue weighted by molar-refractivity contribution is -0.143. The Morgan fingerprint density at radius 3 is 2.59 bits per heavy atom. The first-order valence-electron chi connectivity index (χ1n) is 5.83. The second-order valence-electron chi connectivity index (χ2n) is 4.05. The monoisotopic (exact) mass is 239 g/mol. The number of nitrogens with one attached hydrogen (secondary N) is 1. The Bertz CT molecular complexity index is 399. The van der Waals surface area contributed by atoms with Crippen molar-refractivity contribution in [3.05, 3.63) is 17.0 Å². The molecule has 1 atom stereocenters. The molecule has 1 heterocycles. The normalized spacial score (nSPS) is 12.5. The van der Waals surface area contributed by atoms with Crippen LogP contribution in [0.4, 0.5) is 0 Å². The Morgan fingerprint density at radius 2 is 2.18 bits per heavy atom. The summed E-state index contributed by atoms with van der Waals surface area (Å²) in [5.74, 6) is -0.266. The van der Waals surface area contributed by atoms with Crippen LogP contribution in [0, 0.1) is 13.8 Å². The summed E-state index contributed by atoms with van der Waals surface area (Å²) in [6, 6.07) is -0.359. The topological polar surface area (TPSA) is 56.2 Å². The number of likely N-dealkylation sites (N-methyl/N-ethyl adjacent to an activating group) is 1. The van der Waals surface area contributed by atoms with Crippen LogP contribution < -0.4 is 5.32 Å². The van der Waals surface area contributed by atoms with Gasteiger partial charge in [0.05, 0.1) is 19.3 Å². The molecule has 1 rings (SSSR count). The van der Waals surface area contributed by atoms with E-state index >= 15 is 0 Å². The Morgan fingerprint density at radius 1 is 1.53 bits per heavy atom. The quantitative estimate of drug-likeness (QED) is 0.773. The smallest absolute Gasteiger partial charge is 0.324 e. The number of aromatic nitrogens is 2. The molecule has 1 unspecified atom stereocenters. The fourth-order valence-electron chi connectivity index (χ4n) is 2.02. The van der Waals surface area contributed by atoms with Gasteiger partial charge in [0.15, 0.2) is 0 Å². The first-order valence-corrected chi connectivity index (χ1v) is 5.83. The molecule has 1 aromatic heterocycles. The van der Waals surface area contributed by atoms with Gasteiger partial charge in [-0.1, -0.05) is 6.92 Å². The van der Waals surface area contributed by atoms with E-state index in [0.29, 0.717) is 6.54 Å². The lowest BCUT2D eigenvalue weighted by atomic mass is 10.1. The van der Waals surface area contributed by atoms with E-state index in [4.69, 9.17) is 4.74 Å². The van der Waals surface area contributed by atoms with Gasteiger partial charge in [0.25, 0.3) is 0 Å². The SMILES string of the molecule is CCc1c(C)nn(CC(NC)C(=O)OC)c1C. The molecule has 0 aliphatic rings. The van der Waals surface area contributed by atoms with Crippen LogP contribution in [0.25, 0.3) is 0 Å². The van der Waals surface area contributed by atoms with E-state index in [-0.39, 0.29) is 12.0 Å². The average Bonchev–Trinajstić information content (AvgIpc) is 2.59. The van der Waals surface area contributed by atoms with Crippen molar-refractivity contribution in [3.63, 3.8) is 0 Å². The third-order valence-electron chi connectivity index (χ3n) is 3.07. The Hall–Kier alpha value is -1.36. The van der Waals surface area contributed by atoms with Crippen LogP contribution in [0.2, 0.25) is 0 Å². The number of hydrogen-bond acceptors (Lipinski definition) is 4. The van der Waals surface area contributed by atoms with Crippen LogP contribution in [0.1, 0.15) is 23.9 Å². The molecule has 96 valence electrons. The summed E-state index contributed by atoms with van der Waals surface area (Å²) in [7, 11) is 3.14. The van der Waals surface area contributed by atoms with E-state index in [9.17, 15) is 4.79 Å². The number of aryl methyl sites for hydroxylation is 1. The van der Waals surface area contributed by atoms with Crippen molar-refractivity contribution in [2.45, 2.75) is 39.8 Å². The zero-order chi connectivity index (χ0) is 13.0. The van der Waals surface area contributed by atoms with Crippen LogP contribution in [-0.2, 0) is 22.5 Å². The summed E-state index contributed by atoms with van der Waals surface area (Å²) in [6.45, 7) is 6.63. The standard InChI is InChI=1S/C12H21N3O2/c1-6-10-8(2)14-15(9(10)3)7-11(13-4)12(16)17-5/h11,13H,6-7H2,1-5H3. The van der Waals surface area contributed by atoms with Crippen molar-refractivity contribution in [2.24, 2.45) is 0 Å². The minimum absolute atomic E-state index is 0.266. The summed E-state index contributed by atoms with van der Waals surface area (Å²) in [4.78, 5) is 11.5. The van der Waals surface area contributed by atoms with Crippen molar-refractivity contribution in [3.8, 4) is 0 Å². The molecule has 0 aliphatic heterocycles. The molecule has 0 saturated heterocycles. The van der Waals surface area contributed by atoms with Gasteiger partial charge in [-0.3, -0.25) is 9.48 Å². The van der Waals surface area contributed by atoms with Gasteiger partial charge in [-0.05, 0) is 32.9 Å². The highest BCUT2D eigenvalue weighted by atomic mass is 16.5. The zero-order valence-corrected chi connectivity index (χ0v) is 11.2. The summed E-state index contributed by atoms with van der Waals surface area (Å²) in [5.41, 5.74) is 3.41. The third kappa shape index (κ3) is 2.85. The number of ether oxygens (including phenoxy) is 1. The van der Waals surface area contributed by atoms with Crippen molar-refractivity contribution >= 4 is 5.97 Å². The minimum Gasteiger partial charge on any atom is -0.468 e. The maximum absolute atomic E-state index is 11.5. The number of esters is 1. The average molecular weight is 239 g/mol. The van der Waals surface area contributed by atoms with Crippen LogP contribution in [0.15, 0.2) is 0 Å². The minimum atomic E-state index is -0.359. The fraction of sp³-hybridized carbons (Fsp3) is 0.667. The summed E-state index contributed by atoms with van der Waals surface area (Å²) in [6.07, 6.45) is 0.958. The molecule has 0 spiro atoms. The zero-order valence-electron chi connectivity index (χ0n) is 11.2. The molecule has 0 aromatic carbocycles. The van der Waals surface area contributed by atoms with E-state index < -0.39 is 0 Å². The van der Waals surface area contributed by atoms with Gasteiger partial charge in [0.1, 0.15) is 6.04 Å². The summed E-state index contributed by atoms with van der Waals surface area (Å²) < 4.78 is 6.60. The molecule has 0 aliphatic carbocycles. The molecule has 0 fully saturated rings. The predicted molar refractivity (Wildman–Crippen MR) is 65.9 cm³/mol. The van der Waals surface area contributed by atoms with Crippen molar-refractivity contribution in [1.82, 2.24) is 15.1 Å². The van der Waals surface area contributed by atoms with Gasteiger partial charge in [-0.25, -0.2) is 0 Å². The molecule has 0 saturated carbocycles. The molecule has 1 N–H and O–H groups in total. The van der Waals surface area contributed by atoms with Gasteiger partial charge in [0, 0.05) is 5.69 Å². The van der Waals surface area contributed by atoms with Crippen molar-refractivity contribution < 1.29 is 9.53 Å². The second kappa shape index (κ2) is 5.82. The van der Waals surface area contributed by atoms with E-state index in [2.05, 4.69) is 17.3 Å². The lowest BCUT2D eigenvalue weighted by Crippen LogP contribution is -2.39. The van der Waals surface area contributed by atoms with Gasteiger partial charge in [-0.2, -0.15) is 5.10 Å². The Kier molecular flexibility index (Phi) is 4.69. The van der Waals surface area contributed by atoms with Crippen molar-refractivity contribution in [2.75, 3.05) is 14.2 Å². The van der Waals surface area contributed by atoms with Crippen molar-refractivity contribution in [1.29, 1.82) is 0 Å². The Balaban J connectivity index is 2.90. The highest BCUT2D eigenvalue weighted by Crippen LogP contribution is 2.13. The highest BCUT2D eigenvalue weighted by molar-refractivity contribution is 5.75. The number of rotatable bonds is 5. The van der Waals surface area contributed by atoms with Gasteiger partial charge < -0.3 is 10.1 Å². The highest BCUT2D eigenvalue weighted by Gasteiger charge is 2.20. The van der Waals surface area contributed by atoms with E-state index in [1.165, 1.54) is 12.7 Å². The molecule has 0 bridgehead atoms. The molecule has 5 nitrogen and oxygen atoms in total. The fourth-order valence-corrected chi connectivity index (χ4v) is 2.02. The van der Waals surface area contributed by atoms with Crippen LogP contribution >= 0.6 is 0 Å². The Labute approximate surface area is 102 Å². The molecular weight excluding hydrogens is 218 g/mol. The van der Waals surface area contributed by atoms with Gasteiger partial charge >= 0.3 is 5.97 Å². The second-order valence-corrected chi connectivity index (χ2v) is 4.05. The lowest BCUT2D eigenvalue weighted by Gasteiger charge is -2.14. The molecular formula is C12H21N3O2. The van der Waals surface area contributed by atoms with Crippen LogP contribution in [0.5, 0.6) is 0 Å². The maximum Gasteiger partial charge on any atom is 0.324 e. The molecule has 17 heavy (non-hydrogen) atoms. The summed E-state index contributed by atoms with van der Waals surface area (Å²) >= 11 is 0. The number of methoxy groups -OCH3 is 1. The van der Waals surface area contributed by atoms with Gasteiger partial charge in [-0.15, -0.1) is 0 Å². The number of carbonyl (C=O) groups is 1. The third-order valence-corrected chi connectivity index (χ3v) is 3.07.